The van der Waals surface area contributed by atoms with E-state index in [4.69, 9.17) is 14.2 Å². The second-order valence-corrected chi connectivity index (χ2v) is 6.22. The molecule has 1 fully saturated rings. The molecular formula is C18H24N2O6. The summed E-state index contributed by atoms with van der Waals surface area (Å²) in [4.78, 5) is 34.8. The van der Waals surface area contributed by atoms with Crippen LogP contribution >= 0.6 is 0 Å². The van der Waals surface area contributed by atoms with E-state index in [0.717, 1.165) is 19.4 Å². The average molecular weight is 364 g/mol. The maximum atomic E-state index is 11.9. The van der Waals surface area contributed by atoms with Gasteiger partial charge in [-0.3, -0.25) is 10.1 Å². The van der Waals surface area contributed by atoms with E-state index in [-0.39, 0.29) is 17.7 Å². The first-order valence-corrected chi connectivity index (χ1v) is 8.56. The molecule has 0 aliphatic carbocycles. The molecule has 1 saturated heterocycles. The zero-order chi connectivity index (χ0) is 18.9. The van der Waals surface area contributed by atoms with E-state index in [1.54, 1.807) is 38.1 Å². The third-order valence-corrected chi connectivity index (χ3v) is 3.56. The number of carbonyl (C=O) groups excluding carboxylic acids is 3. The number of nitrogens with one attached hydrogen (secondary N) is 2. The fourth-order valence-corrected chi connectivity index (χ4v) is 2.33. The van der Waals surface area contributed by atoms with Crippen molar-refractivity contribution in [3.05, 3.63) is 29.8 Å². The minimum atomic E-state index is -0.701. The van der Waals surface area contributed by atoms with Crippen LogP contribution in [0.15, 0.2) is 24.3 Å². The number of hydrogen-bond acceptors (Lipinski definition) is 6. The summed E-state index contributed by atoms with van der Waals surface area (Å²) in [6.45, 7) is 4.23. The number of imide groups is 1. The highest BCUT2D eigenvalue weighted by Crippen LogP contribution is 2.17. The molecule has 1 aliphatic rings. The number of amides is 3. The quantitative estimate of drug-likeness (QED) is 0.713. The van der Waals surface area contributed by atoms with Crippen LogP contribution in [-0.2, 0) is 14.3 Å². The van der Waals surface area contributed by atoms with Crippen LogP contribution in [0.1, 0.15) is 37.0 Å². The van der Waals surface area contributed by atoms with Gasteiger partial charge < -0.3 is 19.5 Å². The number of hydrogen-bond donors (Lipinski definition) is 2. The molecule has 1 unspecified atom stereocenters. The minimum absolute atomic E-state index is 0.105. The van der Waals surface area contributed by atoms with Crippen molar-refractivity contribution in [2.75, 3.05) is 19.8 Å². The third kappa shape index (κ3) is 6.72. The summed E-state index contributed by atoms with van der Waals surface area (Å²) in [5.41, 5.74) is 0.286. The summed E-state index contributed by atoms with van der Waals surface area (Å²) in [7, 11) is 0. The predicted molar refractivity (Wildman–Crippen MR) is 93.0 cm³/mol. The van der Waals surface area contributed by atoms with Crippen LogP contribution in [0.4, 0.5) is 4.79 Å². The maximum Gasteiger partial charge on any atom is 0.338 e. The fourth-order valence-electron chi connectivity index (χ4n) is 2.33. The summed E-state index contributed by atoms with van der Waals surface area (Å²) in [5, 5.41) is 4.57. The van der Waals surface area contributed by atoms with Gasteiger partial charge in [0, 0.05) is 12.6 Å². The molecule has 1 aromatic rings. The van der Waals surface area contributed by atoms with Gasteiger partial charge in [0.15, 0.2) is 6.61 Å². The lowest BCUT2D eigenvalue weighted by molar-refractivity contribution is -0.123. The van der Waals surface area contributed by atoms with Crippen molar-refractivity contribution in [1.29, 1.82) is 0 Å². The molecule has 0 aromatic heterocycles. The van der Waals surface area contributed by atoms with Crippen molar-refractivity contribution >= 4 is 17.9 Å². The lowest BCUT2D eigenvalue weighted by Crippen LogP contribution is -2.44. The number of ether oxygens (including phenoxy) is 3. The Morgan fingerprint density at radius 1 is 1.23 bits per heavy atom. The van der Waals surface area contributed by atoms with Gasteiger partial charge in [-0.05, 0) is 51.0 Å². The number of benzene rings is 1. The molecule has 2 rings (SSSR count). The molecular weight excluding hydrogens is 340 g/mol. The van der Waals surface area contributed by atoms with Gasteiger partial charge in [-0.1, -0.05) is 0 Å². The van der Waals surface area contributed by atoms with Crippen LogP contribution in [0.25, 0.3) is 0 Å². The summed E-state index contributed by atoms with van der Waals surface area (Å²) >= 11 is 0. The van der Waals surface area contributed by atoms with Crippen molar-refractivity contribution in [2.45, 2.75) is 38.8 Å². The largest absolute Gasteiger partial charge is 0.491 e. The van der Waals surface area contributed by atoms with Gasteiger partial charge >= 0.3 is 12.0 Å². The van der Waals surface area contributed by atoms with Crippen LogP contribution in [0.3, 0.4) is 0 Å². The molecule has 3 amide bonds. The van der Waals surface area contributed by atoms with Crippen LogP contribution in [-0.4, -0.2) is 49.9 Å². The Morgan fingerprint density at radius 2 is 1.96 bits per heavy atom. The molecule has 1 aromatic carbocycles. The zero-order valence-corrected chi connectivity index (χ0v) is 14.9. The van der Waals surface area contributed by atoms with E-state index in [9.17, 15) is 14.4 Å². The van der Waals surface area contributed by atoms with Crippen molar-refractivity contribution in [3.63, 3.8) is 0 Å². The molecule has 142 valence electrons. The second kappa shape index (κ2) is 9.76. The molecule has 26 heavy (non-hydrogen) atoms. The highest BCUT2D eigenvalue weighted by Gasteiger charge is 2.16. The van der Waals surface area contributed by atoms with Gasteiger partial charge in [0.25, 0.3) is 5.91 Å². The van der Waals surface area contributed by atoms with E-state index in [0.29, 0.717) is 12.4 Å². The Bertz CT molecular complexity index is 623. The van der Waals surface area contributed by atoms with Crippen LogP contribution in [0, 0.1) is 0 Å². The Labute approximate surface area is 152 Å². The van der Waals surface area contributed by atoms with Crippen molar-refractivity contribution in [3.8, 4) is 5.75 Å². The maximum absolute atomic E-state index is 11.9. The van der Waals surface area contributed by atoms with Gasteiger partial charge in [-0.25, -0.2) is 9.59 Å². The molecule has 1 heterocycles. The molecule has 0 saturated carbocycles. The summed E-state index contributed by atoms with van der Waals surface area (Å²) in [5.74, 6) is -0.733. The van der Waals surface area contributed by atoms with E-state index >= 15 is 0 Å². The lowest BCUT2D eigenvalue weighted by Gasteiger charge is -2.12. The molecule has 1 aliphatic heterocycles. The highest BCUT2D eigenvalue weighted by molar-refractivity contribution is 5.97. The average Bonchev–Trinajstić information content (AvgIpc) is 3.11. The number of rotatable bonds is 7. The Hall–Kier alpha value is -2.61. The molecule has 1 atom stereocenters. The first-order valence-electron chi connectivity index (χ1n) is 8.56. The van der Waals surface area contributed by atoms with Crippen molar-refractivity contribution in [1.82, 2.24) is 10.6 Å². The topological polar surface area (TPSA) is 103 Å². The SMILES string of the molecule is CC(C)NC(=O)NC(=O)COC(=O)c1ccc(OCC2CCCO2)cc1. The molecule has 8 nitrogen and oxygen atoms in total. The van der Waals surface area contributed by atoms with Gasteiger partial charge in [0.2, 0.25) is 0 Å². The standard InChI is InChI=1S/C18H24N2O6/c1-12(2)19-18(23)20-16(21)11-26-17(22)13-5-7-14(8-6-13)25-10-15-4-3-9-24-15/h5-8,12,15H,3-4,9-11H2,1-2H3,(H2,19,20,21,23). The number of carbonyl (C=O) groups is 3. The summed E-state index contributed by atoms with van der Waals surface area (Å²) in [6.07, 6.45) is 2.15. The van der Waals surface area contributed by atoms with E-state index in [2.05, 4.69) is 10.6 Å². The summed E-state index contributed by atoms with van der Waals surface area (Å²) in [6, 6.07) is 5.68. The smallest absolute Gasteiger partial charge is 0.338 e. The van der Waals surface area contributed by atoms with Crippen LogP contribution in [0.2, 0.25) is 0 Å². The van der Waals surface area contributed by atoms with Crippen molar-refractivity contribution < 1.29 is 28.6 Å². The first kappa shape index (κ1) is 19.7. The van der Waals surface area contributed by atoms with Crippen LogP contribution < -0.4 is 15.4 Å². The monoisotopic (exact) mass is 364 g/mol. The normalized spacial score (nSPS) is 16.2. The molecule has 8 heteroatoms. The van der Waals surface area contributed by atoms with Crippen molar-refractivity contribution in [2.24, 2.45) is 0 Å². The van der Waals surface area contributed by atoms with Crippen LogP contribution in [0.5, 0.6) is 5.75 Å². The third-order valence-electron chi connectivity index (χ3n) is 3.56. The lowest BCUT2D eigenvalue weighted by atomic mass is 10.2. The highest BCUT2D eigenvalue weighted by atomic mass is 16.5. The molecule has 0 bridgehead atoms. The number of esters is 1. The fraction of sp³-hybridized carbons (Fsp3) is 0.500. The van der Waals surface area contributed by atoms with Gasteiger partial charge in [-0.2, -0.15) is 0 Å². The minimum Gasteiger partial charge on any atom is -0.491 e. The Kier molecular flexibility index (Phi) is 7.40. The van der Waals surface area contributed by atoms with E-state index in [1.165, 1.54) is 0 Å². The first-order chi connectivity index (χ1) is 12.4. The summed E-state index contributed by atoms with van der Waals surface area (Å²) < 4.78 is 16.0. The molecule has 0 spiro atoms. The zero-order valence-electron chi connectivity index (χ0n) is 14.9. The van der Waals surface area contributed by atoms with Gasteiger partial charge in [-0.15, -0.1) is 0 Å². The van der Waals surface area contributed by atoms with Gasteiger partial charge in [0.1, 0.15) is 12.4 Å². The second-order valence-electron chi connectivity index (χ2n) is 6.22. The Morgan fingerprint density at radius 3 is 2.58 bits per heavy atom. The van der Waals surface area contributed by atoms with Gasteiger partial charge in [0.05, 0.1) is 11.7 Å². The van der Waals surface area contributed by atoms with E-state index in [1.807, 2.05) is 0 Å². The van der Waals surface area contributed by atoms with E-state index < -0.39 is 24.5 Å². The Balaban J connectivity index is 1.73. The predicted octanol–water partition coefficient (Wildman–Crippen LogP) is 1.64. The molecule has 0 radical (unpaired) electrons. The number of urea groups is 1. The molecule has 2 N–H and O–H groups in total.